The molecule has 4 nitrogen and oxygen atoms in total. The van der Waals surface area contributed by atoms with Gasteiger partial charge in [0.25, 0.3) is 0 Å². The molecule has 0 bridgehead atoms. The average Bonchev–Trinajstić information content (AvgIpc) is 2.80. The summed E-state index contributed by atoms with van der Waals surface area (Å²) in [6.45, 7) is 5.41. The lowest BCUT2D eigenvalue weighted by molar-refractivity contribution is 0.131. The first kappa shape index (κ1) is 20.5. The van der Waals surface area contributed by atoms with Crippen LogP contribution in [0.2, 0.25) is 5.02 Å². The maximum absolute atomic E-state index is 5.97. The van der Waals surface area contributed by atoms with Gasteiger partial charge in [-0.3, -0.25) is 9.91 Å². The van der Waals surface area contributed by atoms with Crippen LogP contribution in [-0.2, 0) is 13.2 Å². The quantitative estimate of drug-likeness (QED) is 0.500. The monoisotopic (exact) mass is 419 g/mol. The highest BCUT2D eigenvalue weighted by molar-refractivity contribution is 6.30. The Morgan fingerprint density at radius 3 is 2.20 bits per heavy atom. The summed E-state index contributed by atoms with van der Waals surface area (Å²) in [7, 11) is 0. The van der Waals surface area contributed by atoms with Gasteiger partial charge in [-0.25, -0.2) is 0 Å². The van der Waals surface area contributed by atoms with Gasteiger partial charge in [0.2, 0.25) is 0 Å². The Hall–Kier alpha value is -2.82. The zero-order chi connectivity index (χ0) is 20.6. The van der Waals surface area contributed by atoms with Crippen LogP contribution in [0.25, 0.3) is 0 Å². The van der Waals surface area contributed by atoms with Crippen molar-refractivity contribution in [2.45, 2.75) is 13.2 Å². The number of hydrogen-bond acceptors (Lipinski definition) is 4. The van der Waals surface area contributed by atoms with Gasteiger partial charge in [0, 0.05) is 37.7 Å². The molecular weight excluding hydrogens is 394 g/mol. The minimum atomic E-state index is 0.578. The number of piperazine rings is 1. The first-order valence-corrected chi connectivity index (χ1v) is 10.6. The fourth-order valence-corrected chi connectivity index (χ4v) is 3.52. The first-order chi connectivity index (χ1) is 14.7. The molecule has 1 aliphatic heterocycles. The number of hydrogen-bond donors (Lipinski definition) is 0. The van der Waals surface area contributed by atoms with E-state index in [4.69, 9.17) is 16.3 Å². The van der Waals surface area contributed by atoms with E-state index in [0.717, 1.165) is 49.1 Å². The average molecular weight is 420 g/mol. The van der Waals surface area contributed by atoms with Crippen LogP contribution >= 0.6 is 11.6 Å². The summed E-state index contributed by atoms with van der Waals surface area (Å²) in [6, 6.07) is 26.4. The molecule has 5 heteroatoms. The van der Waals surface area contributed by atoms with Crippen molar-refractivity contribution in [1.82, 2.24) is 9.91 Å². The zero-order valence-electron chi connectivity index (χ0n) is 17.0. The molecule has 3 aromatic carbocycles. The van der Waals surface area contributed by atoms with Crippen molar-refractivity contribution >= 4 is 17.8 Å². The van der Waals surface area contributed by atoms with Gasteiger partial charge in [0.1, 0.15) is 12.4 Å². The second kappa shape index (κ2) is 10.3. The number of halogens is 1. The minimum Gasteiger partial charge on any atom is -0.489 e. The maximum Gasteiger partial charge on any atom is 0.119 e. The Morgan fingerprint density at radius 2 is 1.50 bits per heavy atom. The summed E-state index contributed by atoms with van der Waals surface area (Å²) in [5.41, 5.74) is 3.54. The van der Waals surface area contributed by atoms with Gasteiger partial charge in [0.15, 0.2) is 0 Å². The Balaban J connectivity index is 1.22. The second-order valence-electron chi connectivity index (χ2n) is 7.44. The third-order valence-electron chi connectivity index (χ3n) is 5.17. The molecule has 0 unspecified atom stereocenters. The van der Waals surface area contributed by atoms with Crippen LogP contribution < -0.4 is 4.74 Å². The van der Waals surface area contributed by atoms with Crippen molar-refractivity contribution in [1.29, 1.82) is 0 Å². The Bertz CT molecular complexity index is 934. The van der Waals surface area contributed by atoms with Crippen molar-refractivity contribution in [2.75, 3.05) is 26.2 Å². The van der Waals surface area contributed by atoms with E-state index < -0.39 is 0 Å². The number of rotatable bonds is 7. The molecule has 0 amide bonds. The molecule has 4 rings (SSSR count). The third-order valence-corrected chi connectivity index (χ3v) is 5.42. The highest BCUT2D eigenvalue weighted by Crippen LogP contribution is 2.15. The highest BCUT2D eigenvalue weighted by Gasteiger charge is 2.15. The van der Waals surface area contributed by atoms with Crippen molar-refractivity contribution in [2.24, 2.45) is 5.10 Å². The lowest BCUT2D eigenvalue weighted by atomic mass is 10.2. The first-order valence-electron chi connectivity index (χ1n) is 10.3. The number of ether oxygens (including phenoxy) is 1. The molecule has 0 aliphatic carbocycles. The number of hydrazone groups is 1. The summed E-state index contributed by atoms with van der Waals surface area (Å²) in [6.07, 6.45) is 1.93. The molecule has 3 aromatic rings. The van der Waals surface area contributed by atoms with Gasteiger partial charge in [-0.05, 0) is 53.1 Å². The normalized spacial score (nSPS) is 14.9. The fraction of sp³-hybridized carbons (Fsp3) is 0.240. The Labute approximate surface area is 183 Å². The van der Waals surface area contributed by atoms with Crippen LogP contribution in [0.4, 0.5) is 0 Å². The lowest BCUT2D eigenvalue weighted by Gasteiger charge is -2.33. The topological polar surface area (TPSA) is 28.1 Å². The van der Waals surface area contributed by atoms with Gasteiger partial charge >= 0.3 is 0 Å². The molecule has 0 saturated carbocycles. The van der Waals surface area contributed by atoms with Crippen molar-refractivity contribution in [3.8, 4) is 5.75 Å². The van der Waals surface area contributed by atoms with E-state index in [0.29, 0.717) is 6.61 Å². The van der Waals surface area contributed by atoms with Gasteiger partial charge in [-0.1, -0.05) is 54.1 Å². The molecular formula is C25H26ClN3O. The molecule has 1 aliphatic rings. The van der Waals surface area contributed by atoms with E-state index in [9.17, 15) is 0 Å². The van der Waals surface area contributed by atoms with Gasteiger partial charge < -0.3 is 4.74 Å². The van der Waals surface area contributed by atoms with Crippen LogP contribution in [-0.4, -0.2) is 42.3 Å². The zero-order valence-corrected chi connectivity index (χ0v) is 17.7. The molecule has 0 radical (unpaired) electrons. The summed E-state index contributed by atoms with van der Waals surface area (Å²) >= 11 is 5.97. The second-order valence-corrected chi connectivity index (χ2v) is 7.88. The Kier molecular flexibility index (Phi) is 7.01. The van der Waals surface area contributed by atoms with E-state index >= 15 is 0 Å². The van der Waals surface area contributed by atoms with E-state index in [1.807, 2.05) is 60.8 Å². The fourth-order valence-electron chi connectivity index (χ4n) is 3.40. The van der Waals surface area contributed by atoms with Crippen LogP contribution in [0, 0.1) is 0 Å². The molecule has 1 fully saturated rings. The Morgan fingerprint density at radius 1 is 0.800 bits per heavy atom. The van der Waals surface area contributed by atoms with Crippen molar-refractivity contribution in [3.05, 3.63) is 101 Å². The molecule has 0 N–H and O–H groups in total. The summed E-state index contributed by atoms with van der Waals surface area (Å²) in [4.78, 5) is 2.45. The predicted molar refractivity (Wildman–Crippen MR) is 123 cm³/mol. The van der Waals surface area contributed by atoms with Crippen LogP contribution in [0.1, 0.15) is 16.7 Å². The van der Waals surface area contributed by atoms with E-state index in [2.05, 4.69) is 39.3 Å². The lowest BCUT2D eigenvalue weighted by Crippen LogP contribution is -2.43. The minimum absolute atomic E-state index is 0.578. The molecule has 0 atom stereocenters. The van der Waals surface area contributed by atoms with Crippen LogP contribution in [0.3, 0.4) is 0 Å². The molecule has 1 heterocycles. The molecule has 30 heavy (non-hydrogen) atoms. The van der Waals surface area contributed by atoms with E-state index in [-0.39, 0.29) is 0 Å². The largest absolute Gasteiger partial charge is 0.489 e. The standard InChI is InChI=1S/C25H26ClN3O/c26-24-10-6-22(7-11-24)19-28-14-16-29(17-15-28)27-18-21-8-12-25(13-9-21)30-20-23-4-2-1-3-5-23/h1-13,18H,14-17,19-20H2/b27-18+. The van der Waals surface area contributed by atoms with Gasteiger partial charge in [0.05, 0.1) is 6.21 Å². The van der Waals surface area contributed by atoms with Crippen LogP contribution in [0.15, 0.2) is 84.0 Å². The van der Waals surface area contributed by atoms with Gasteiger partial charge in [-0.2, -0.15) is 5.10 Å². The van der Waals surface area contributed by atoms with Crippen molar-refractivity contribution < 1.29 is 4.74 Å². The molecule has 1 saturated heterocycles. The number of benzene rings is 3. The van der Waals surface area contributed by atoms with E-state index in [1.165, 1.54) is 11.1 Å². The third kappa shape index (κ3) is 6.09. The molecule has 0 spiro atoms. The van der Waals surface area contributed by atoms with E-state index in [1.54, 1.807) is 0 Å². The summed E-state index contributed by atoms with van der Waals surface area (Å²) in [5, 5.41) is 7.58. The highest BCUT2D eigenvalue weighted by atomic mass is 35.5. The molecule has 154 valence electrons. The molecule has 0 aromatic heterocycles. The number of nitrogens with zero attached hydrogens (tertiary/aromatic N) is 3. The SMILES string of the molecule is Clc1ccc(CN2CCN(/N=C/c3ccc(OCc4ccccc4)cc3)CC2)cc1. The van der Waals surface area contributed by atoms with Crippen LogP contribution in [0.5, 0.6) is 5.75 Å². The van der Waals surface area contributed by atoms with Gasteiger partial charge in [-0.15, -0.1) is 0 Å². The summed E-state index contributed by atoms with van der Waals surface area (Å²) in [5.74, 6) is 0.867. The smallest absolute Gasteiger partial charge is 0.119 e. The predicted octanol–water partition coefficient (Wildman–Crippen LogP) is 5.07. The summed E-state index contributed by atoms with van der Waals surface area (Å²) < 4.78 is 5.84. The maximum atomic E-state index is 5.97. The van der Waals surface area contributed by atoms with Crippen molar-refractivity contribution in [3.63, 3.8) is 0 Å².